The summed E-state index contributed by atoms with van der Waals surface area (Å²) in [5.41, 5.74) is 1.55. The van der Waals surface area contributed by atoms with Crippen molar-refractivity contribution in [1.82, 2.24) is 20.9 Å². The van der Waals surface area contributed by atoms with Crippen LogP contribution < -0.4 is 21.7 Å². The van der Waals surface area contributed by atoms with Crippen LogP contribution in [0.4, 0.5) is 18.0 Å². The number of nitrogens with one attached hydrogen (secondary N) is 3. The zero-order valence-corrected chi connectivity index (χ0v) is 30.3. The summed E-state index contributed by atoms with van der Waals surface area (Å²) in [6, 6.07) is 1.31. The Hall–Kier alpha value is -4.43. The third-order valence-corrected chi connectivity index (χ3v) is 10.6. The first-order chi connectivity index (χ1) is 24.1. The number of primary amides is 1. The van der Waals surface area contributed by atoms with Crippen molar-refractivity contribution in [3.05, 3.63) is 48.6 Å². The Balaban J connectivity index is 1.59. The number of nitrogens with two attached hydrogens (primary N) is 1. The van der Waals surface area contributed by atoms with Gasteiger partial charge in [0.05, 0.1) is 11.5 Å². The second kappa shape index (κ2) is 15.3. The molecule has 1 heterocycles. The molecule has 1 aliphatic heterocycles. The van der Waals surface area contributed by atoms with Gasteiger partial charge in [-0.2, -0.15) is 13.2 Å². The number of benzene rings is 1. The molecule has 5 atom stereocenters. The number of carbonyl (C=O) groups is 6. The SMILES string of the molecule is C=CC(C)(C)C1CCN(C(=O)[C@@H](NC(=O)N[C@H](C(=O)OCc2ccccc2)C2(C(F)(F)F)CC2)C(C)(C)C)[C@@H]1C(=O)NC(CC1CC1)C(=O)C(N)=O. The maximum absolute atomic E-state index is 14.4. The molecule has 3 fully saturated rings. The molecule has 286 valence electrons. The molecule has 1 aromatic rings. The standard InChI is InChI=1S/C37H50F3N5O7/c1-7-35(5,6)23-15-18-45(25(23)30(48)42-24(19-21-13-14-21)26(46)29(41)47)31(49)27(34(2,3)4)43-33(51)44-28(36(16-17-36)37(38,39)40)32(50)52-20-22-11-9-8-10-12-22/h7-12,21,23-25,27-28H,1,13-20H2,2-6H3,(H2,41,47)(H,42,48)(H2,43,44,51)/t23?,24?,25-,27+,28+/m0/s1. The molecule has 5 N–H and O–H groups in total. The molecular weight excluding hydrogens is 683 g/mol. The molecular formula is C37H50F3N5O7. The highest BCUT2D eigenvalue weighted by Gasteiger charge is 2.70. The summed E-state index contributed by atoms with van der Waals surface area (Å²) in [4.78, 5) is 81.1. The number of Topliss-reactive ketones (excluding diaryl/α,β-unsaturated/α-hetero) is 1. The van der Waals surface area contributed by atoms with Gasteiger partial charge in [-0.3, -0.25) is 19.2 Å². The summed E-state index contributed by atoms with van der Waals surface area (Å²) < 4.78 is 48.2. The van der Waals surface area contributed by atoms with Crippen molar-refractivity contribution in [2.75, 3.05) is 6.54 Å². The molecule has 0 bridgehead atoms. The lowest BCUT2D eigenvalue weighted by atomic mass is 9.74. The Morgan fingerprint density at radius 2 is 1.60 bits per heavy atom. The van der Waals surface area contributed by atoms with Crippen molar-refractivity contribution in [2.45, 2.75) is 110 Å². The lowest BCUT2D eigenvalue weighted by molar-refractivity contribution is -0.202. The molecule has 12 nitrogen and oxygen atoms in total. The summed E-state index contributed by atoms with van der Waals surface area (Å²) in [7, 11) is 0. The van der Waals surface area contributed by atoms with Gasteiger partial charge in [0.2, 0.25) is 17.6 Å². The van der Waals surface area contributed by atoms with Crippen molar-refractivity contribution in [1.29, 1.82) is 0 Å². The van der Waals surface area contributed by atoms with Gasteiger partial charge in [-0.15, -0.1) is 6.58 Å². The molecule has 1 saturated heterocycles. The van der Waals surface area contributed by atoms with Crippen molar-refractivity contribution in [3.8, 4) is 0 Å². The van der Waals surface area contributed by atoms with E-state index in [2.05, 4.69) is 22.5 Å². The molecule has 5 amide bonds. The average Bonchev–Trinajstić information content (AvgIpc) is 4.01. The van der Waals surface area contributed by atoms with Crippen LogP contribution in [0, 0.1) is 28.1 Å². The minimum atomic E-state index is -4.84. The van der Waals surface area contributed by atoms with Gasteiger partial charge in [0.1, 0.15) is 24.7 Å². The van der Waals surface area contributed by atoms with Gasteiger partial charge in [0, 0.05) is 6.54 Å². The van der Waals surface area contributed by atoms with Gasteiger partial charge in [-0.1, -0.05) is 83.9 Å². The van der Waals surface area contributed by atoms with E-state index in [4.69, 9.17) is 10.5 Å². The number of ketones is 1. The van der Waals surface area contributed by atoms with Crippen molar-refractivity contribution < 1.29 is 46.7 Å². The fourth-order valence-electron chi connectivity index (χ4n) is 6.86. The van der Waals surface area contributed by atoms with E-state index in [1.54, 1.807) is 57.2 Å². The molecule has 2 saturated carbocycles. The van der Waals surface area contributed by atoms with Gasteiger partial charge in [0.15, 0.2) is 0 Å². The number of likely N-dealkylation sites (tertiary alicyclic amines) is 1. The van der Waals surface area contributed by atoms with Crippen molar-refractivity contribution in [2.24, 2.45) is 33.8 Å². The molecule has 2 aliphatic carbocycles. The fourth-order valence-corrected chi connectivity index (χ4v) is 6.86. The summed E-state index contributed by atoms with van der Waals surface area (Å²) in [5.74, 6) is -5.18. The zero-order valence-electron chi connectivity index (χ0n) is 30.3. The normalized spacial score (nSPS) is 21.6. The Kier molecular flexibility index (Phi) is 11.9. The van der Waals surface area contributed by atoms with Gasteiger partial charge < -0.3 is 31.3 Å². The largest absolute Gasteiger partial charge is 0.459 e. The molecule has 3 aliphatic rings. The first-order valence-electron chi connectivity index (χ1n) is 17.6. The van der Waals surface area contributed by atoms with Crippen LogP contribution in [0.5, 0.6) is 0 Å². The number of rotatable bonds is 15. The topological polar surface area (TPSA) is 177 Å². The number of esters is 1. The first-order valence-corrected chi connectivity index (χ1v) is 17.6. The van der Waals surface area contributed by atoms with E-state index < -0.39 is 101 Å². The quantitative estimate of drug-likeness (QED) is 0.120. The van der Waals surface area contributed by atoms with Crippen LogP contribution in [0.3, 0.4) is 0 Å². The Bertz CT molecular complexity index is 1550. The maximum atomic E-state index is 14.4. The van der Waals surface area contributed by atoms with E-state index in [9.17, 15) is 41.9 Å². The monoisotopic (exact) mass is 733 g/mol. The maximum Gasteiger partial charge on any atom is 0.397 e. The molecule has 2 unspecified atom stereocenters. The van der Waals surface area contributed by atoms with Crippen LogP contribution in [0.1, 0.15) is 78.7 Å². The third-order valence-electron chi connectivity index (χ3n) is 10.6. The highest BCUT2D eigenvalue weighted by molar-refractivity contribution is 6.37. The molecule has 0 aromatic heterocycles. The average molecular weight is 734 g/mol. The second-order valence-corrected chi connectivity index (χ2v) is 16.0. The minimum Gasteiger partial charge on any atom is -0.459 e. The number of allylic oxidation sites excluding steroid dienone is 1. The van der Waals surface area contributed by atoms with Crippen LogP contribution in [0.2, 0.25) is 0 Å². The number of urea groups is 1. The van der Waals surface area contributed by atoms with E-state index in [1.165, 1.54) is 4.90 Å². The number of alkyl halides is 3. The minimum absolute atomic E-state index is 0.0669. The van der Waals surface area contributed by atoms with Crippen LogP contribution in [0.15, 0.2) is 43.0 Å². The van der Waals surface area contributed by atoms with E-state index in [1.807, 2.05) is 13.8 Å². The van der Waals surface area contributed by atoms with E-state index >= 15 is 0 Å². The number of ether oxygens (including phenoxy) is 1. The number of nitrogens with zero attached hydrogens (tertiary/aromatic N) is 1. The van der Waals surface area contributed by atoms with E-state index in [0.29, 0.717) is 12.0 Å². The summed E-state index contributed by atoms with van der Waals surface area (Å²) in [6.07, 6.45) is -1.79. The predicted molar refractivity (Wildman–Crippen MR) is 184 cm³/mol. The van der Waals surface area contributed by atoms with Crippen molar-refractivity contribution in [3.63, 3.8) is 0 Å². The second-order valence-electron chi connectivity index (χ2n) is 16.0. The Labute approximate surface area is 301 Å². The van der Waals surface area contributed by atoms with Crippen LogP contribution in [-0.2, 0) is 35.3 Å². The highest BCUT2D eigenvalue weighted by atomic mass is 19.4. The van der Waals surface area contributed by atoms with E-state index in [0.717, 1.165) is 12.8 Å². The number of halogens is 3. The van der Waals surface area contributed by atoms with Gasteiger partial charge in [0.25, 0.3) is 5.91 Å². The van der Waals surface area contributed by atoms with Crippen molar-refractivity contribution >= 4 is 35.5 Å². The summed E-state index contributed by atoms with van der Waals surface area (Å²) in [6.45, 7) is 12.2. The number of amides is 5. The fraction of sp³-hybridized carbons (Fsp3) is 0.622. The van der Waals surface area contributed by atoms with Crippen LogP contribution in [-0.4, -0.2) is 77.3 Å². The number of hydrogen-bond acceptors (Lipinski definition) is 7. The first kappa shape index (κ1) is 40.3. The van der Waals surface area contributed by atoms with Gasteiger partial charge in [-0.05, 0) is 53.9 Å². The number of hydrogen-bond donors (Lipinski definition) is 4. The predicted octanol–water partition coefficient (Wildman–Crippen LogP) is 3.92. The van der Waals surface area contributed by atoms with Gasteiger partial charge in [-0.25, -0.2) is 9.59 Å². The van der Waals surface area contributed by atoms with Crippen LogP contribution in [0.25, 0.3) is 0 Å². The zero-order chi connectivity index (χ0) is 38.8. The molecule has 0 radical (unpaired) electrons. The lowest BCUT2D eigenvalue weighted by Crippen LogP contribution is -2.63. The number of carbonyl (C=O) groups excluding carboxylic acids is 6. The smallest absolute Gasteiger partial charge is 0.397 e. The summed E-state index contributed by atoms with van der Waals surface area (Å²) >= 11 is 0. The van der Waals surface area contributed by atoms with Crippen LogP contribution >= 0.6 is 0 Å². The molecule has 15 heteroatoms. The molecule has 0 spiro atoms. The van der Waals surface area contributed by atoms with E-state index in [-0.39, 0.29) is 25.5 Å². The lowest BCUT2D eigenvalue weighted by Gasteiger charge is -2.39. The molecule has 1 aromatic carbocycles. The Morgan fingerprint density at radius 3 is 2.10 bits per heavy atom. The molecule has 4 rings (SSSR count). The summed E-state index contributed by atoms with van der Waals surface area (Å²) in [5, 5.41) is 7.33. The third kappa shape index (κ3) is 9.13. The highest BCUT2D eigenvalue weighted by Crippen LogP contribution is 2.60. The molecule has 52 heavy (non-hydrogen) atoms. The Morgan fingerprint density at radius 1 is 0.981 bits per heavy atom. The van der Waals surface area contributed by atoms with Gasteiger partial charge >= 0.3 is 18.2 Å².